The van der Waals surface area contributed by atoms with Crippen LogP contribution < -0.4 is 5.32 Å². The molecule has 0 aromatic heterocycles. The minimum Gasteiger partial charge on any atom is -0.379 e. The average molecular weight is 297 g/mol. The summed E-state index contributed by atoms with van der Waals surface area (Å²) in [6.07, 6.45) is 9.93. The number of rotatable bonds is 8. The lowest BCUT2D eigenvalue weighted by molar-refractivity contribution is -0.151. The smallest absolute Gasteiger partial charge is 0.0704 e. The lowest BCUT2D eigenvalue weighted by Gasteiger charge is -2.56. The van der Waals surface area contributed by atoms with Gasteiger partial charge in [-0.15, -0.1) is 0 Å². The van der Waals surface area contributed by atoms with E-state index in [-0.39, 0.29) is 0 Å². The molecule has 0 radical (unpaired) electrons. The van der Waals surface area contributed by atoms with Gasteiger partial charge in [0.2, 0.25) is 0 Å². The van der Waals surface area contributed by atoms with Crippen molar-refractivity contribution in [3.63, 3.8) is 0 Å². The largest absolute Gasteiger partial charge is 0.379 e. The first-order valence-electron chi connectivity index (χ1n) is 9.11. The van der Waals surface area contributed by atoms with Crippen LogP contribution >= 0.6 is 0 Å². The molecule has 0 bridgehead atoms. The Bertz CT molecular complexity index is 285. The van der Waals surface area contributed by atoms with E-state index in [1.54, 1.807) is 0 Å². The van der Waals surface area contributed by atoms with Gasteiger partial charge in [0.15, 0.2) is 0 Å². The molecule has 3 heteroatoms. The SMILES string of the molecule is CCNC1CC(OCCOCC(C)C)C12CCCCCC2. The Kier molecular flexibility index (Phi) is 6.97. The highest BCUT2D eigenvalue weighted by atomic mass is 16.5. The summed E-state index contributed by atoms with van der Waals surface area (Å²) >= 11 is 0. The van der Waals surface area contributed by atoms with Crippen molar-refractivity contribution in [2.24, 2.45) is 11.3 Å². The van der Waals surface area contributed by atoms with Crippen molar-refractivity contribution < 1.29 is 9.47 Å². The molecule has 0 aliphatic heterocycles. The molecule has 0 aromatic rings. The van der Waals surface area contributed by atoms with Gasteiger partial charge in [-0.05, 0) is 31.7 Å². The predicted molar refractivity (Wildman–Crippen MR) is 87.6 cm³/mol. The third kappa shape index (κ3) is 4.43. The Hall–Kier alpha value is -0.120. The highest BCUT2D eigenvalue weighted by Gasteiger charge is 2.54. The second-order valence-corrected chi connectivity index (χ2v) is 7.32. The zero-order chi connectivity index (χ0) is 15.1. The van der Waals surface area contributed by atoms with Crippen molar-refractivity contribution >= 4 is 0 Å². The van der Waals surface area contributed by atoms with Crippen LogP contribution in [-0.2, 0) is 9.47 Å². The fourth-order valence-electron chi connectivity index (χ4n) is 4.14. The molecule has 1 N–H and O–H groups in total. The zero-order valence-corrected chi connectivity index (χ0v) is 14.3. The zero-order valence-electron chi connectivity index (χ0n) is 14.3. The van der Waals surface area contributed by atoms with Gasteiger partial charge in [0.05, 0.1) is 19.3 Å². The lowest BCUT2D eigenvalue weighted by atomic mass is 9.57. The maximum absolute atomic E-state index is 6.22. The molecular formula is C18H35NO2. The second kappa shape index (κ2) is 8.50. The Morgan fingerprint density at radius 2 is 1.81 bits per heavy atom. The molecule has 2 atom stereocenters. The van der Waals surface area contributed by atoms with E-state index in [9.17, 15) is 0 Å². The topological polar surface area (TPSA) is 30.5 Å². The molecular weight excluding hydrogens is 262 g/mol. The molecule has 0 saturated heterocycles. The van der Waals surface area contributed by atoms with E-state index in [0.29, 0.717) is 23.5 Å². The second-order valence-electron chi connectivity index (χ2n) is 7.32. The first-order valence-corrected chi connectivity index (χ1v) is 9.11. The number of nitrogens with one attached hydrogen (secondary N) is 1. The molecule has 2 unspecified atom stereocenters. The van der Waals surface area contributed by atoms with Gasteiger partial charge in [-0.2, -0.15) is 0 Å². The molecule has 124 valence electrons. The molecule has 2 aliphatic carbocycles. The van der Waals surface area contributed by atoms with E-state index in [2.05, 4.69) is 26.1 Å². The first kappa shape index (κ1) is 17.2. The number of hydrogen-bond acceptors (Lipinski definition) is 3. The third-order valence-corrected chi connectivity index (χ3v) is 5.27. The van der Waals surface area contributed by atoms with Gasteiger partial charge in [-0.3, -0.25) is 0 Å². The van der Waals surface area contributed by atoms with Crippen LogP contribution in [-0.4, -0.2) is 38.5 Å². The molecule has 2 rings (SSSR count). The third-order valence-electron chi connectivity index (χ3n) is 5.27. The minimum absolute atomic E-state index is 0.421. The van der Waals surface area contributed by atoms with Crippen LogP contribution in [0.25, 0.3) is 0 Å². The summed E-state index contributed by atoms with van der Waals surface area (Å²) in [6.45, 7) is 10.0. The summed E-state index contributed by atoms with van der Waals surface area (Å²) in [6, 6.07) is 0.683. The summed E-state index contributed by atoms with van der Waals surface area (Å²) < 4.78 is 11.9. The lowest BCUT2D eigenvalue weighted by Crippen LogP contribution is -2.63. The molecule has 2 fully saturated rings. The fourth-order valence-corrected chi connectivity index (χ4v) is 4.14. The van der Waals surface area contributed by atoms with Crippen molar-refractivity contribution in [2.75, 3.05) is 26.4 Å². The van der Waals surface area contributed by atoms with E-state index in [1.165, 1.54) is 44.9 Å². The Morgan fingerprint density at radius 3 is 2.43 bits per heavy atom. The predicted octanol–water partition coefficient (Wildman–Crippen LogP) is 3.77. The summed E-state index contributed by atoms with van der Waals surface area (Å²) in [5.74, 6) is 0.611. The van der Waals surface area contributed by atoms with E-state index >= 15 is 0 Å². The van der Waals surface area contributed by atoms with Crippen LogP contribution in [0.3, 0.4) is 0 Å². The molecule has 2 aliphatic rings. The standard InChI is InChI=1S/C18H35NO2/c1-4-19-16-13-17(21-12-11-20-14-15(2)3)18(16)9-7-5-6-8-10-18/h15-17,19H,4-14H2,1-3H3. The van der Waals surface area contributed by atoms with E-state index in [4.69, 9.17) is 9.47 Å². The van der Waals surface area contributed by atoms with Crippen LogP contribution in [0.1, 0.15) is 65.7 Å². The van der Waals surface area contributed by atoms with E-state index in [1.807, 2.05) is 0 Å². The van der Waals surface area contributed by atoms with Gasteiger partial charge >= 0.3 is 0 Å². The maximum atomic E-state index is 6.22. The van der Waals surface area contributed by atoms with Gasteiger partial charge in [-0.25, -0.2) is 0 Å². The van der Waals surface area contributed by atoms with E-state index in [0.717, 1.165) is 26.4 Å². The summed E-state index contributed by atoms with van der Waals surface area (Å²) in [5, 5.41) is 3.71. The average Bonchev–Trinajstić information content (AvgIpc) is 2.72. The van der Waals surface area contributed by atoms with E-state index < -0.39 is 0 Å². The van der Waals surface area contributed by atoms with Crippen molar-refractivity contribution in [1.82, 2.24) is 5.32 Å². The van der Waals surface area contributed by atoms with Gasteiger partial charge in [0.1, 0.15) is 0 Å². The van der Waals surface area contributed by atoms with Gasteiger partial charge in [0, 0.05) is 18.1 Å². The van der Waals surface area contributed by atoms with Crippen molar-refractivity contribution in [3.05, 3.63) is 0 Å². The van der Waals surface area contributed by atoms with Crippen LogP contribution in [0.2, 0.25) is 0 Å². The van der Waals surface area contributed by atoms with Crippen LogP contribution in [0.15, 0.2) is 0 Å². The summed E-state index contributed by atoms with van der Waals surface area (Å²) in [7, 11) is 0. The molecule has 0 amide bonds. The quantitative estimate of drug-likeness (QED) is 0.692. The molecule has 21 heavy (non-hydrogen) atoms. The van der Waals surface area contributed by atoms with Gasteiger partial charge < -0.3 is 14.8 Å². The van der Waals surface area contributed by atoms with Crippen molar-refractivity contribution in [2.45, 2.75) is 77.9 Å². The molecule has 2 saturated carbocycles. The normalized spacial score (nSPS) is 28.6. The Morgan fingerprint density at radius 1 is 1.10 bits per heavy atom. The van der Waals surface area contributed by atoms with Gasteiger partial charge in [-0.1, -0.05) is 46.5 Å². The maximum Gasteiger partial charge on any atom is 0.0704 e. The highest BCUT2D eigenvalue weighted by Crippen LogP contribution is 2.52. The van der Waals surface area contributed by atoms with Crippen molar-refractivity contribution in [3.8, 4) is 0 Å². The highest BCUT2D eigenvalue weighted by molar-refractivity contribution is 5.08. The Labute approximate surface area is 131 Å². The fraction of sp³-hybridized carbons (Fsp3) is 1.00. The molecule has 0 aromatic carbocycles. The first-order chi connectivity index (χ1) is 10.2. The van der Waals surface area contributed by atoms with Crippen LogP contribution in [0, 0.1) is 11.3 Å². The Balaban J connectivity index is 1.78. The number of ether oxygens (including phenoxy) is 2. The summed E-state index contributed by atoms with van der Waals surface area (Å²) in [5.41, 5.74) is 0.421. The van der Waals surface area contributed by atoms with Crippen molar-refractivity contribution in [1.29, 1.82) is 0 Å². The minimum atomic E-state index is 0.421. The van der Waals surface area contributed by atoms with Crippen LogP contribution in [0.5, 0.6) is 0 Å². The van der Waals surface area contributed by atoms with Gasteiger partial charge in [0.25, 0.3) is 0 Å². The number of hydrogen-bond donors (Lipinski definition) is 1. The molecule has 0 heterocycles. The monoisotopic (exact) mass is 297 g/mol. The summed E-state index contributed by atoms with van der Waals surface area (Å²) in [4.78, 5) is 0. The molecule has 3 nitrogen and oxygen atoms in total. The van der Waals surface area contributed by atoms with Crippen LogP contribution in [0.4, 0.5) is 0 Å². The molecule has 1 spiro atoms.